The molecular formula is C23H36IN5O2. The molecule has 0 saturated carbocycles. The Morgan fingerprint density at radius 3 is 2.77 bits per heavy atom. The van der Waals surface area contributed by atoms with E-state index in [1.165, 1.54) is 16.8 Å². The van der Waals surface area contributed by atoms with Gasteiger partial charge < -0.3 is 20.1 Å². The molecule has 1 aliphatic heterocycles. The molecule has 2 N–H and O–H groups in total. The Labute approximate surface area is 203 Å². The van der Waals surface area contributed by atoms with Gasteiger partial charge in [0.25, 0.3) is 0 Å². The van der Waals surface area contributed by atoms with Crippen molar-refractivity contribution in [1.82, 2.24) is 20.4 Å². The predicted molar refractivity (Wildman–Crippen MR) is 135 cm³/mol. The van der Waals surface area contributed by atoms with Gasteiger partial charge in [-0.05, 0) is 32.3 Å². The molecule has 1 aliphatic rings. The van der Waals surface area contributed by atoms with E-state index in [-0.39, 0.29) is 24.0 Å². The number of hydrogen-bond donors (Lipinski definition) is 2. The van der Waals surface area contributed by atoms with Crippen molar-refractivity contribution in [3.8, 4) is 0 Å². The lowest BCUT2D eigenvalue weighted by atomic mass is 10.1. The highest BCUT2D eigenvalue weighted by atomic mass is 127. The highest BCUT2D eigenvalue weighted by Crippen LogP contribution is 2.15. The summed E-state index contributed by atoms with van der Waals surface area (Å²) < 4.78 is 13.2. The Kier molecular flexibility index (Phi) is 11.3. The van der Waals surface area contributed by atoms with Gasteiger partial charge in [-0.1, -0.05) is 30.3 Å². The van der Waals surface area contributed by atoms with Crippen molar-refractivity contribution in [2.24, 2.45) is 10.9 Å². The van der Waals surface area contributed by atoms with E-state index in [0.29, 0.717) is 12.5 Å². The predicted octanol–water partition coefficient (Wildman–Crippen LogP) is 3.27. The molecule has 0 aliphatic carbocycles. The van der Waals surface area contributed by atoms with Gasteiger partial charge in [-0.2, -0.15) is 5.10 Å². The number of hydrogen-bond acceptors (Lipinski definition) is 4. The van der Waals surface area contributed by atoms with Gasteiger partial charge in [-0.15, -0.1) is 24.0 Å². The van der Waals surface area contributed by atoms with Crippen molar-refractivity contribution in [2.45, 2.75) is 39.8 Å². The fourth-order valence-electron chi connectivity index (χ4n) is 3.64. The molecule has 1 fully saturated rings. The summed E-state index contributed by atoms with van der Waals surface area (Å²) in [6, 6.07) is 10.4. The van der Waals surface area contributed by atoms with Crippen LogP contribution in [0.1, 0.15) is 35.4 Å². The van der Waals surface area contributed by atoms with Crippen LogP contribution in [0.4, 0.5) is 0 Å². The second-order valence-electron chi connectivity index (χ2n) is 7.80. The molecule has 1 aromatic heterocycles. The van der Waals surface area contributed by atoms with Gasteiger partial charge >= 0.3 is 0 Å². The van der Waals surface area contributed by atoms with Crippen LogP contribution in [0.3, 0.4) is 0 Å². The molecule has 0 bridgehead atoms. The van der Waals surface area contributed by atoms with Crippen molar-refractivity contribution in [3.05, 3.63) is 52.8 Å². The summed E-state index contributed by atoms with van der Waals surface area (Å²) in [5.74, 6) is 1.37. The van der Waals surface area contributed by atoms with E-state index >= 15 is 0 Å². The largest absolute Gasteiger partial charge is 0.381 e. The van der Waals surface area contributed by atoms with E-state index in [1.54, 1.807) is 7.05 Å². The van der Waals surface area contributed by atoms with Gasteiger partial charge in [0, 0.05) is 50.5 Å². The summed E-state index contributed by atoms with van der Waals surface area (Å²) in [6.07, 6.45) is 2.07. The first-order chi connectivity index (χ1) is 14.7. The molecule has 7 nitrogen and oxygen atoms in total. The maximum absolute atomic E-state index is 5.75. The Bertz CT molecular complexity index is 804. The monoisotopic (exact) mass is 541 g/mol. The van der Waals surface area contributed by atoms with Crippen LogP contribution in [0.25, 0.3) is 0 Å². The van der Waals surface area contributed by atoms with Crippen LogP contribution in [0.15, 0.2) is 35.3 Å². The lowest BCUT2D eigenvalue weighted by Gasteiger charge is -2.13. The molecular weight excluding hydrogens is 505 g/mol. The van der Waals surface area contributed by atoms with Gasteiger partial charge in [-0.3, -0.25) is 9.67 Å². The fourth-order valence-corrected chi connectivity index (χ4v) is 3.64. The molecule has 31 heavy (non-hydrogen) atoms. The maximum atomic E-state index is 5.75. The molecule has 172 valence electrons. The van der Waals surface area contributed by atoms with Crippen LogP contribution in [0, 0.1) is 19.8 Å². The SMILES string of the molecule is CN=C(NCCCOCC1CCOC1)NCc1c(C)nn(Cc2ccccc2)c1C.I. The number of ether oxygens (including phenoxy) is 2. The number of nitrogens with zero attached hydrogens (tertiary/aromatic N) is 3. The van der Waals surface area contributed by atoms with E-state index in [1.807, 2.05) is 6.07 Å². The summed E-state index contributed by atoms with van der Waals surface area (Å²) in [7, 11) is 1.80. The van der Waals surface area contributed by atoms with Crippen molar-refractivity contribution >= 4 is 29.9 Å². The Morgan fingerprint density at radius 1 is 1.26 bits per heavy atom. The van der Waals surface area contributed by atoms with E-state index in [0.717, 1.165) is 64.0 Å². The Balaban J connectivity index is 0.00000341. The number of nitrogens with one attached hydrogen (secondary N) is 2. The minimum atomic E-state index is 0. The molecule has 3 rings (SSSR count). The molecule has 1 atom stereocenters. The molecule has 0 amide bonds. The third-order valence-electron chi connectivity index (χ3n) is 5.50. The van der Waals surface area contributed by atoms with Gasteiger partial charge in [0.15, 0.2) is 5.96 Å². The van der Waals surface area contributed by atoms with Gasteiger partial charge in [0.05, 0.1) is 25.5 Å². The number of aliphatic imine (C=N–C) groups is 1. The lowest BCUT2D eigenvalue weighted by molar-refractivity contribution is 0.0888. The first kappa shape index (κ1) is 25.6. The minimum Gasteiger partial charge on any atom is -0.381 e. The molecule has 1 saturated heterocycles. The van der Waals surface area contributed by atoms with Crippen LogP contribution < -0.4 is 10.6 Å². The summed E-state index contributed by atoms with van der Waals surface area (Å²) in [4.78, 5) is 4.33. The smallest absolute Gasteiger partial charge is 0.191 e. The second-order valence-corrected chi connectivity index (χ2v) is 7.80. The third kappa shape index (κ3) is 8.08. The number of aryl methyl sites for hydroxylation is 1. The second kappa shape index (κ2) is 13.7. The average Bonchev–Trinajstić information content (AvgIpc) is 3.36. The van der Waals surface area contributed by atoms with Crippen LogP contribution in [-0.2, 0) is 22.6 Å². The van der Waals surface area contributed by atoms with Gasteiger partial charge in [0.2, 0.25) is 0 Å². The van der Waals surface area contributed by atoms with Gasteiger partial charge in [-0.25, -0.2) is 0 Å². The molecule has 2 heterocycles. The number of guanidine groups is 1. The molecule has 1 aromatic carbocycles. The molecule has 1 unspecified atom stereocenters. The number of halogens is 1. The van der Waals surface area contributed by atoms with E-state index < -0.39 is 0 Å². The number of benzene rings is 1. The minimum absolute atomic E-state index is 0. The topological polar surface area (TPSA) is 72.7 Å². The summed E-state index contributed by atoms with van der Waals surface area (Å²) in [5, 5.41) is 11.5. The summed E-state index contributed by atoms with van der Waals surface area (Å²) in [5.41, 5.74) is 4.71. The molecule has 0 spiro atoms. The standard InChI is InChI=1S/C23H35N5O2.HI/c1-18-22(19(2)28(27-18)15-20-8-5-4-6-9-20)14-26-23(24-3)25-11-7-12-29-16-21-10-13-30-17-21;/h4-6,8-9,21H,7,10-17H2,1-3H3,(H2,24,25,26);1H. The molecule has 8 heteroatoms. The quantitative estimate of drug-likeness (QED) is 0.209. The van der Waals surface area contributed by atoms with Crippen molar-refractivity contribution in [3.63, 3.8) is 0 Å². The van der Waals surface area contributed by atoms with Crippen LogP contribution in [0.2, 0.25) is 0 Å². The summed E-state index contributed by atoms with van der Waals surface area (Å²) in [6.45, 7) is 9.78. The van der Waals surface area contributed by atoms with Gasteiger partial charge in [0.1, 0.15) is 0 Å². The van der Waals surface area contributed by atoms with Crippen molar-refractivity contribution in [1.29, 1.82) is 0 Å². The zero-order chi connectivity index (χ0) is 21.2. The maximum Gasteiger partial charge on any atom is 0.191 e. The van der Waals surface area contributed by atoms with E-state index in [9.17, 15) is 0 Å². The fraction of sp³-hybridized carbons (Fsp3) is 0.565. The van der Waals surface area contributed by atoms with Crippen LogP contribution >= 0.6 is 24.0 Å². The van der Waals surface area contributed by atoms with Crippen LogP contribution in [0.5, 0.6) is 0 Å². The number of aromatic nitrogens is 2. The summed E-state index contributed by atoms with van der Waals surface area (Å²) >= 11 is 0. The third-order valence-corrected chi connectivity index (χ3v) is 5.50. The van der Waals surface area contributed by atoms with Crippen LogP contribution in [-0.4, -0.2) is 55.8 Å². The highest BCUT2D eigenvalue weighted by Gasteiger charge is 2.15. The van der Waals surface area contributed by atoms with E-state index in [4.69, 9.17) is 14.6 Å². The average molecular weight is 541 g/mol. The first-order valence-electron chi connectivity index (χ1n) is 10.8. The zero-order valence-corrected chi connectivity index (χ0v) is 21.2. The van der Waals surface area contributed by atoms with Crippen molar-refractivity contribution in [2.75, 3.05) is 40.0 Å². The molecule has 2 aromatic rings. The zero-order valence-electron chi connectivity index (χ0n) is 18.9. The normalized spacial score (nSPS) is 16.2. The highest BCUT2D eigenvalue weighted by molar-refractivity contribution is 14.0. The van der Waals surface area contributed by atoms with E-state index in [2.05, 4.69) is 58.4 Å². The van der Waals surface area contributed by atoms with Crippen molar-refractivity contribution < 1.29 is 9.47 Å². The Morgan fingerprint density at radius 2 is 2.06 bits per heavy atom. The number of rotatable bonds is 10. The lowest BCUT2D eigenvalue weighted by Crippen LogP contribution is -2.37. The molecule has 0 radical (unpaired) electrons. The Hall–Kier alpha value is -1.65. The first-order valence-corrected chi connectivity index (χ1v) is 10.8.